The van der Waals surface area contributed by atoms with Crippen molar-refractivity contribution >= 4 is 22.8 Å². The van der Waals surface area contributed by atoms with E-state index in [0.717, 1.165) is 37.9 Å². The van der Waals surface area contributed by atoms with Crippen LogP contribution in [0.2, 0.25) is 0 Å². The number of aromatic amines is 1. The number of anilines is 1. The van der Waals surface area contributed by atoms with Crippen LogP contribution in [-0.4, -0.2) is 47.0 Å². The molecule has 0 aliphatic carbocycles. The van der Waals surface area contributed by atoms with E-state index >= 15 is 0 Å². The zero-order valence-corrected chi connectivity index (χ0v) is 19.9. The Morgan fingerprint density at radius 1 is 1.03 bits per heavy atom. The number of para-hydroxylation sites is 2. The average molecular weight is 486 g/mol. The second kappa shape index (κ2) is 8.87. The van der Waals surface area contributed by atoms with Crippen LogP contribution in [0.25, 0.3) is 16.9 Å². The molecule has 36 heavy (non-hydrogen) atoms. The standard InChI is InChI=1S/C26H27N7O3/c1-16(34)29-21-7-2-3-8-22(21)33-25-23(24(35)30-26(33)36)28-15-32(25)20-12-18-9-10-19(13-20)31(18)14-17-6-4-5-11-27-17/h2-8,11,15,18-20H,9-10,12-14H2,1H3,(H,29,34)(H,30,35,36). The monoisotopic (exact) mass is 485 g/mol. The predicted octanol–water partition coefficient (Wildman–Crippen LogP) is 2.60. The van der Waals surface area contributed by atoms with Crippen LogP contribution in [-0.2, 0) is 11.3 Å². The van der Waals surface area contributed by atoms with Crippen LogP contribution in [0.5, 0.6) is 0 Å². The van der Waals surface area contributed by atoms with E-state index in [4.69, 9.17) is 0 Å². The minimum atomic E-state index is -0.567. The molecule has 10 heteroatoms. The molecule has 2 saturated heterocycles. The van der Waals surface area contributed by atoms with Crippen molar-refractivity contribution in [2.24, 2.45) is 0 Å². The molecule has 0 spiro atoms. The van der Waals surface area contributed by atoms with Crippen LogP contribution < -0.4 is 16.6 Å². The fourth-order valence-corrected chi connectivity index (χ4v) is 5.91. The van der Waals surface area contributed by atoms with Gasteiger partial charge in [-0.15, -0.1) is 0 Å². The molecule has 2 aliphatic rings. The highest BCUT2D eigenvalue weighted by Crippen LogP contribution is 2.42. The summed E-state index contributed by atoms with van der Waals surface area (Å²) >= 11 is 0. The van der Waals surface area contributed by atoms with E-state index in [9.17, 15) is 14.4 Å². The lowest BCUT2D eigenvalue weighted by atomic mass is 9.96. The van der Waals surface area contributed by atoms with Crippen molar-refractivity contribution in [3.8, 4) is 5.69 Å². The van der Waals surface area contributed by atoms with Gasteiger partial charge in [-0.05, 0) is 49.9 Å². The number of H-pyrrole nitrogens is 1. The van der Waals surface area contributed by atoms with E-state index in [1.807, 2.05) is 22.9 Å². The van der Waals surface area contributed by atoms with E-state index in [1.54, 1.807) is 30.6 Å². The molecule has 2 atom stereocenters. The molecule has 184 valence electrons. The largest absolute Gasteiger partial charge is 0.334 e. The Kier molecular flexibility index (Phi) is 5.52. The van der Waals surface area contributed by atoms with Crippen LogP contribution >= 0.6 is 0 Å². The molecule has 3 aromatic heterocycles. The van der Waals surface area contributed by atoms with Gasteiger partial charge in [0, 0.05) is 37.8 Å². The van der Waals surface area contributed by atoms with E-state index in [1.165, 1.54) is 11.5 Å². The zero-order valence-electron chi connectivity index (χ0n) is 19.9. The second-order valence-corrected chi connectivity index (χ2v) is 9.62. The summed E-state index contributed by atoms with van der Waals surface area (Å²) in [7, 11) is 0. The molecule has 0 radical (unpaired) electrons. The fraction of sp³-hybridized carbons (Fsp3) is 0.346. The Bertz CT molecular complexity index is 1540. The van der Waals surface area contributed by atoms with Crippen molar-refractivity contribution in [3.63, 3.8) is 0 Å². The topological polar surface area (TPSA) is 118 Å². The SMILES string of the molecule is CC(=O)Nc1ccccc1-n1c(=O)[nH]c(=O)c2ncn(C3CC4CCC(C3)N4Cc3ccccn3)c21. The molecule has 6 rings (SSSR count). The summed E-state index contributed by atoms with van der Waals surface area (Å²) in [6.45, 7) is 2.24. The maximum atomic E-state index is 13.2. The Morgan fingerprint density at radius 2 is 1.78 bits per heavy atom. The maximum Gasteiger partial charge on any atom is 0.334 e. The number of rotatable bonds is 5. The second-order valence-electron chi connectivity index (χ2n) is 9.62. The first kappa shape index (κ1) is 22.4. The van der Waals surface area contributed by atoms with E-state index < -0.39 is 11.2 Å². The number of nitrogens with one attached hydrogen (secondary N) is 2. The predicted molar refractivity (Wildman–Crippen MR) is 135 cm³/mol. The van der Waals surface area contributed by atoms with Crippen molar-refractivity contribution < 1.29 is 4.79 Å². The number of nitrogens with zero attached hydrogens (tertiary/aromatic N) is 5. The maximum absolute atomic E-state index is 13.2. The van der Waals surface area contributed by atoms with E-state index in [-0.39, 0.29) is 17.5 Å². The highest BCUT2D eigenvalue weighted by molar-refractivity contribution is 5.91. The Morgan fingerprint density at radius 3 is 2.50 bits per heavy atom. The minimum absolute atomic E-state index is 0.0906. The third-order valence-corrected chi connectivity index (χ3v) is 7.40. The number of imidazole rings is 1. The summed E-state index contributed by atoms with van der Waals surface area (Å²) < 4.78 is 3.44. The van der Waals surface area contributed by atoms with Gasteiger partial charge in [0.05, 0.1) is 23.4 Å². The summed E-state index contributed by atoms with van der Waals surface area (Å²) in [6.07, 6.45) is 7.51. The third-order valence-electron chi connectivity index (χ3n) is 7.40. The quantitative estimate of drug-likeness (QED) is 0.449. The zero-order chi connectivity index (χ0) is 24.8. The normalized spacial score (nSPS) is 21.6. The number of piperidine rings is 1. The molecular formula is C26H27N7O3. The summed E-state index contributed by atoms with van der Waals surface area (Å²) in [4.78, 5) is 51.6. The lowest BCUT2D eigenvalue weighted by Gasteiger charge is -2.39. The molecule has 1 amide bonds. The van der Waals surface area contributed by atoms with Gasteiger partial charge in [-0.25, -0.2) is 14.3 Å². The van der Waals surface area contributed by atoms with Crippen LogP contribution in [0.1, 0.15) is 44.3 Å². The fourth-order valence-electron chi connectivity index (χ4n) is 5.91. The van der Waals surface area contributed by atoms with Gasteiger partial charge in [0.25, 0.3) is 5.56 Å². The number of benzene rings is 1. The highest BCUT2D eigenvalue weighted by atomic mass is 16.2. The summed E-state index contributed by atoms with van der Waals surface area (Å²) in [5.41, 5.74) is 1.60. The van der Waals surface area contributed by atoms with Gasteiger partial charge in [-0.1, -0.05) is 18.2 Å². The Labute approximate surface area is 206 Å². The van der Waals surface area contributed by atoms with Crippen LogP contribution in [0.15, 0.2) is 64.6 Å². The Balaban J connectivity index is 1.41. The number of hydrogen-bond donors (Lipinski definition) is 2. The van der Waals surface area contributed by atoms with Gasteiger partial charge < -0.3 is 9.88 Å². The molecule has 4 aromatic rings. The lowest BCUT2D eigenvalue weighted by molar-refractivity contribution is -0.114. The number of aromatic nitrogens is 5. The van der Waals surface area contributed by atoms with Crippen molar-refractivity contribution in [2.45, 2.75) is 57.3 Å². The summed E-state index contributed by atoms with van der Waals surface area (Å²) in [6, 6.07) is 13.9. The molecule has 5 heterocycles. The first-order chi connectivity index (χ1) is 17.5. The number of carbonyl (C=O) groups is 1. The molecule has 2 aliphatic heterocycles. The van der Waals surface area contributed by atoms with Gasteiger partial charge >= 0.3 is 5.69 Å². The number of amides is 1. The Hall–Kier alpha value is -4.05. The molecular weight excluding hydrogens is 458 g/mol. The van der Waals surface area contributed by atoms with Gasteiger partial charge in [0.15, 0.2) is 11.2 Å². The smallest absolute Gasteiger partial charge is 0.325 e. The number of hydrogen-bond acceptors (Lipinski definition) is 6. The molecule has 2 unspecified atom stereocenters. The van der Waals surface area contributed by atoms with Crippen LogP contribution in [0.3, 0.4) is 0 Å². The highest BCUT2D eigenvalue weighted by Gasteiger charge is 2.42. The first-order valence-corrected chi connectivity index (χ1v) is 12.2. The van der Waals surface area contributed by atoms with Crippen molar-refractivity contribution in [1.29, 1.82) is 0 Å². The number of pyridine rings is 1. The van der Waals surface area contributed by atoms with Gasteiger partial charge in [-0.3, -0.25) is 24.5 Å². The van der Waals surface area contributed by atoms with Gasteiger partial charge in [-0.2, -0.15) is 0 Å². The first-order valence-electron chi connectivity index (χ1n) is 12.2. The third kappa shape index (κ3) is 3.83. The number of fused-ring (bicyclic) bond motifs is 3. The lowest BCUT2D eigenvalue weighted by Crippen LogP contribution is -2.43. The van der Waals surface area contributed by atoms with E-state index in [0.29, 0.717) is 29.1 Å². The van der Waals surface area contributed by atoms with Crippen molar-refractivity contribution in [3.05, 3.63) is 81.5 Å². The van der Waals surface area contributed by atoms with Crippen molar-refractivity contribution in [2.75, 3.05) is 5.32 Å². The molecule has 2 fully saturated rings. The molecule has 0 saturated carbocycles. The van der Waals surface area contributed by atoms with Crippen LogP contribution in [0, 0.1) is 0 Å². The van der Waals surface area contributed by atoms with Gasteiger partial charge in [0.2, 0.25) is 5.91 Å². The molecule has 2 N–H and O–H groups in total. The molecule has 2 bridgehead atoms. The van der Waals surface area contributed by atoms with Gasteiger partial charge in [0.1, 0.15) is 0 Å². The number of carbonyl (C=O) groups excluding carboxylic acids is 1. The summed E-state index contributed by atoms with van der Waals surface area (Å²) in [5, 5.41) is 2.79. The van der Waals surface area contributed by atoms with Crippen molar-refractivity contribution in [1.82, 2.24) is 29.0 Å². The summed E-state index contributed by atoms with van der Waals surface area (Å²) in [5.74, 6) is -0.249. The van der Waals surface area contributed by atoms with E-state index in [2.05, 4.69) is 31.2 Å². The van der Waals surface area contributed by atoms with Crippen LogP contribution in [0.4, 0.5) is 5.69 Å². The molecule has 1 aromatic carbocycles. The average Bonchev–Trinajstić information content (AvgIpc) is 3.38. The molecule has 10 nitrogen and oxygen atoms in total. The minimum Gasteiger partial charge on any atom is -0.325 e.